The summed E-state index contributed by atoms with van der Waals surface area (Å²) in [6.07, 6.45) is 0.177. The molecule has 2 nitrogen and oxygen atoms in total. The third-order valence-corrected chi connectivity index (χ3v) is 1.90. The summed E-state index contributed by atoms with van der Waals surface area (Å²) in [7, 11) is 0. The van der Waals surface area contributed by atoms with Crippen LogP contribution in [0.25, 0.3) is 0 Å². The monoisotopic (exact) mass is 142 g/mol. The van der Waals surface area contributed by atoms with Gasteiger partial charge in [-0.2, -0.15) is 0 Å². The first-order valence-corrected chi connectivity index (χ1v) is 3.89. The maximum atomic E-state index is 5.31. The zero-order chi connectivity index (χ0) is 7.56. The highest BCUT2D eigenvalue weighted by Crippen LogP contribution is 2.06. The van der Waals surface area contributed by atoms with Gasteiger partial charge in [-0.15, -0.1) is 0 Å². The van der Waals surface area contributed by atoms with Crippen molar-refractivity contribution in [2.75, 3.05) is 19.7 Å². The quantitative estimate of drug-likeness (QED) is 0.540. The normalized spacial score (nSPS) is 29.4. The van der Waals surface area contributed by atoms with Crippen LogP contribution in [-0.4, -0.2) is 36.7 Å². The second-order valence-corrected chi connectivity index (χ2v) is 3.08. The molecule has 1 saturated heterocycles. The molecule has 1 aliphatic heterocycles. The van der Waals surface area contributed by atoms with Crippen LogP contribution in [0.5, 0.6) is 0 Å². The van der Waals surface area contributed by atoms with E-state index in [1.807, 2.05) is 0 Å². The van der Waals surface area contributed by atoms with Crippen molar-refractivity contribution in [1.29, 1.82) is 0 Å². The molecule has 1 atom stereocenters. The Morgan fingerprint density at radius 2 is 2.30 bits per heavy atom. The summed E-state index contributed by atoms with van der Waals surface area (Å²) in [6, 6.07) is 0.633. The number of rotatable bonds is 1. The average molecular weight is 142 g/mol. The van der Waals surface area contributed by atoms with Gasteiger partial charge < -0.3 is 4.74 Å². The van der Waals surface area contributed by atoms with Gasteiger partial charge in [-0.05, 0) is 20.8 Å². The summed E-state index contributed by atoms with van der Waals surface area (Å²) in [4.78, 5) is 2.39. The molecule has 10 heavy (non-hydrogen) atoms. The molecule has 1 heterocycles. The van der Waals surface area contributed by atoms with E-state index in [1.54, 1.807) is 0 Å². The third kappa shape index (κ3) is 1.96. The Kier molecular flexibility index (Phi) is 2.69. The molecule has 0 saturated carbocycles. The summed E-state index contributed by atoms with van der Waals surface area (Å²) in [5.41, 5.74) is 0. The molecule has 0 aromatic carbocycles. The van der Waals surface area contributed by atoms with E-state index >= 15 is 0 Å². The summed E-state index contributed by atoms with van der Waals surface area (Å²) in [5, 5.41) is 0. The highest BCUT2D eigenvalue weighted by molar-refractivity contribution is 4.74. The molecule has 1 aliphatic rings. The lowest BCUT2D eigenvalue weighted by molar-refractivity contribution is -0.0163. The van der Waals surface area contributed by atoms with E-state index in [9.17, 15) is 0 Å². The van der Waals surface area contributed by atoms with E-state index in [4.69, 9.17) is 4.74 Å². The maximum absolute atomic E-state index is 5.31. The molecule has 0 aromatic heterocycles. The van der Waals surface area contributed by atoms with Gasteiger partial charge in [0, 0.05) is 19.1 Å². The van der Waals surface area contributed by atoms with Gasteiger partial charge in [-0.1, -0.05) is 0 Å². The van der Waals surface area contributed by atoms with Crippen molar-refractivity contribution in [2.45, 2.75) is 26.0 Å². The minimum Gasteiger partial charge on any atom is -0.376 e. The Morgan fingerprint density at radius 1 is 1.60 bits per heavy atom. The van der Waals surface area contributed by atoms with Crippen molar-refractivity contribution in [1.82, 2.24) is 4.90 Å². The van der Waals surface area contributed by atoms with Crippen LogP contribution in [0.3, 0.4) is 0 Å². The number of nitrogens with zero attached hydrogens (tertiary/aromatic N) is 1. The molecule has 0 aliphatic carbocycles. The zero-order valence-corrected chi connectivity index (χ0v) is 6.84. The van der Waals surface area contributed by atoms with Crippen LogP contribution >= 0.6 is 0 Å². The van der Waals surface area contributed by atoms with Crippen molar-refractivity contribution in [2.24, 2.45) is 0 Å². The lowest BCUT2D eigenvalue weighted by atomic mass is 10.2. The van der Waals surface area contributed by atoms with E-state index in [2.05, 4.69) is 25.7 Å². The molecule has 1 unspecified atom stereocenters. The van der Waals surface area contributed by atoms with Crippen LogP contribution in [0.1, 0.15) is 13.8 Å². The van der Waals surface area contributed by atoms with Gasteiger partial charge in [0.25, 0.3) is 0 Å². The molecule has 1 fully saturated rings. The van der Waals surface area contributed by atoms with Crippen LogP contribution < -0.4 is 0 Å². The predicted molar refractivity (Wildman–Crippen MR) is 41.8 cm³/mol. The van der Waals surface area contributed by atoms with Crippen molar-refractivity contribution >= 4 is 0 Å². The SMILES string of the molecule is [CH2]C1CN(C(C)C)CCO1. The van der Waals surface area contributed by atoms with Crippen molar-refractivity contribution in [3.05, 3.63) is 6.92 Å². The van der Waals surface area contributed by atoms with E-state index in [-0.39, 0.29) is 6.10 Å². The van der Waals surface area contributed by atoms with Crippen molar-refractivity contribution in [3.63, 3.8) is 0 Å². The highest BCUT2D eigenvalue weighted by atomic mass is 16.5. The van der Waals surface area contributed by atoms with E-state index in [0.717, 1.165) is 19.7 Å². The van der Waals surface area contributed by atoms with E-state index in [1.165, 1.54) is 0 Å². The summed E-state index contributed by atoms with van der Waals surface area (Å²) in [6.45, 7) is 11.2. The van der Waals surface area contributed by atoms with E-state index < -0.39 is 0 Å². The predicted octanol–water partition coefficient (Wildman–Crippen LogP) is 0.930. The van der Waals surface area contributed by atoms with Gasteiger partial charge in [0.1, 0.15) is 0 Å². The number of morpholine rings is 1. The van der Waals surface area contributed by atoms with Crippen LogP contribution in [0.4, 0.5) is 0 Å². The summed E-state index contributed by atoms with van der Waals surface area (Å²) >= 11 is 0. The molecule has 0 bridgehead atoms. The first-order chi connectivity index (χ1) is 4.70. The molecule has 0 amide bonds. The summed E-state index contributed by atoms with van der Waals surface area (Å²) < 4.78 is 5.31. The van der Waals surface area contributed by atoms with Crippen LogP contribution in [0, 0.1) is 6.92 Å². The van der Waals surface area contributed by atoms with Crippen LogP contribution in [-0.2, 0) is 4.74 Å². The molecule has 0 aromatic rings. The first kappa shape index (κ1) is 8.02. The molecule has 0 N–H and O–H groups in total. The lowest BCUT2D eigenvalue weighted by Gasteiger charge is -2.33. The molecule has 59 valence electrons. The maximum Gasteiger partial charge on any atom is 0.0703 e. The Morgan fingerprint density at radius 3 is 2.70 bits per heavy atom. The van der Waals surface area contributed by atoms with Gasteiger partial charge in [0.05, 0.1) is 12.7 Å². The minimum absolute atomic E-state index is 0.177. The van der Waals surface area contributed by atoms with Crippen LogP contribution in [0.15, 0.2) is 0 Å². The zero-order valence-electron chi connectivity index (χ0n) is 6.84. The third-order valence-electron chi connectivity index (χ3n) is 1.90. The van der Waals surface area contributed by atoms with Crippen molar-refractivity contribution < 1.29 is 4.74 Å². The van der Waals surface area contributed by atoms with Gasteiger partial charge >= 0.3 is 0 Å². The fourth-order valence-corrected chi connectivity index (χ4v) is 1.21. The molecule has 0 spiro atoms. The van der Waals surface area contributed by atoms with Crippen LogP contribution in [0.2, 0.25) is 0 Å². The van der Waals surface area contributed by atoms with Gasteiger partial charge in [-0.3, -0.25) is 4.90 Å². The Bertz CT molecular complexity index is 103. The topological polar surface area (TPSA) is 12.5 Å². The molecule has 2 heteroatoms. The second kappa shape index (κ2) is 3.35. The molecular formula is C8H16NO. The second-order valence-electron chi connectivity index (χ2n) is 3.08. The number of ether oxygens (including phenoxy) is 1. The molecule has 1 rings (SSSR count). The highest BCUT2D eigenvalue weighted by Gasteiger charge is 2.18. The lowest BCUT2D eigenvalue weighted by Crippen LogP contribution is -2.44. The van der Waals surface area contributed by atoms with E-state index in [0.29, 0.717) is 6.04 Å². The van der Waals surface area contributed by atoms with Crippen molar-refractivity contribution in [3.8, 4) is 0 Å². The molecule has 1 radical (unpaired) electrons. The minimum atomic E-state index is 0.177. The Hall–Kier alpha value is -0.0800. The summed E-state index contributed by atoms with van der Waals surface area (Å²) in [5.74, 6) is 0. The van der Waals surface area contributed by atoms with Gasteiger partial charge in [-0.25, -0.2) is 0 Å². The fraction of sp³-hybridized carbons (Fsp3) is 0.875. The Balaban J connectivity index is 2.32. The fourth-order valence-electron chi connectivity index (χ4n) is 1.21. The average Bonchev–Trinajstić information content (AvgIpc) is 1.88. The number of hydrogen-bond donors (Lipinski definition) is 0. The molecular weight excluding hydrogens is 126 g/mol. The number of hydrogen-bond acceptors (Lipinski definition) is 2. The smallest absolute Gasteiger partial charge is 0.0703 e. The largest absolute Gasteiger partial charge is 0.376 e. The first-order valence-electron chi connectivity index (χ1n) is 3.89. The standard InChI is InChI=1S/C8H16NO/c1-7(2)9-4-5-10-8(3)6-9/h7-8H,3-6H2,1-2H3. The van der Waals surface area contributed by atoms with Gasteiger partial charge in [0.15, 0.2) is 0 Å². The Labute approximate surface area is 63.2 Å². The van der Waals surface area contributed by atoms with Gasteiger partial charge in [0.2, 0.25) is 0 Å².